The first kappa shape index (κ1) is 23.2. The topological polar surface area (TPSA) is 109 Å². The minimum absolute atomic E-state index is 0. The summed E-state index contributed by atoms with van der Waals surface area (Å²) in [7, 11) is -5.72. The van der Waals surface area contributed by atoms with Crippen molar-refractivity contribution in [3.63, 3.8) is 0 Å². The maximum Gasteiger partial charge on any atom is 1.00 e. The first-order valence-corrected chi connectivity index (χ1v) is 3.10. The van der Waals surface area contributed by atoms with Crippen LogP contribution in [-0.2, 0) is 38.8 Å². The third-order valence-corrected chi connectivity index (χ3v) is 0. The fraction of sp³-hybridized carbons (Fsp3) is 0. The first-order valence-electron chi connectivity index (χ1n) is 1.03. The summed E-state index contributed by atoms with van der Waals surface area (Å²) in [5.74, 6) is 0. The fourth-order valence-corrected chi connectivity index (χ4v) is 0. The molecule has 0 aliphatic carbocycles. The smallest absolute Gasteiger partial charge is 0.439 e. The van der Waals surface area contributed by atoms with Crippen LogP contribution >= 0.6 is 0 Å². The molecule has 0 saturated heterocycles. The molecule has 52 valence electrons. The van der Waals surface area contributed by atoms with Crippen LogP contribution in [0.2, 0.25) is 0 Å². The molecule has 0 aliphatic heterocycles. The zero-order chi connectivity index (χ0) is 7.15. The van der Waals surface area contributed by atoms with Gasteiger partial charge in [-0.05, 0) is 0 Å². The Morgan fingerprint density at radius 1 is 0.700 bits per heavy atom. The fourth-order valence-electron chi connectivity index (χ4n) is 0. The maximum absolute atomic E-state index is 8.56. The average Bonchev–Trinajstić information content (AvgIpc) is 1.25. The molecule has 0 aromatic rings. The normalized spacial score (nSPS) is 6.80. The average molecular weight is 240 g/mol. The van der Waals surface area contributed by atoms with Gasteiger partial charge in [-0.3, -0.25) is 0 Å². The molecule has 0 heterocycles. The Bertz CT molecular complexity index is 131. The van der Waals surface area contributed by atoms with E-state index in [2.05, 4.69) is 0 Å². The van der Waals surface area contributed by atoms with E-state index in [0.717, 1.165) is 0 Å². The van der Waals surface area contributed by atoms with E-state index >= 15 is 0 Å². The van der Waals surface area contributed by atoms with E-state index in [-0.39, 0.29) is 103 Å². The van der Waals surface area contributed by atoms with Gasteiger partial charge in [0.25, 0.3) is 0 Å². The Kier molecular flexibility index (Phi) is 41.7. The van der Waals surface area contributed by atoms with Crippen molar-refractivity contribution in [1.29, 1.82) is 0 Å². The van der Waals surface area contributed by atoms with E-state index < -0.39 is 22.0 Å². The zero-order valence-electron chi connectivity index (χ0n) is 5.34. The molecular weight excluding hydrogens is 238 g/mol. The summed E-state index contributed by atoms with van der Waals surface area (Å²) in [5.41, 5.74) is 0. The van der Waals surface area contributed by atoms with Gasteiger partial charge in [0.15, 0.2) is 0 Å². The van der Waals surface area contributed by atoms with Crippen LogP contribution < -0.4 is 103 Å². The van der Waals surface area contributed by atoms with Crippen LogP contribution in [0.3, 0.4) is 0 Å². The molecule has 0 aromatic carbocycles. The van der Waals surface area contributed by atoms with Gasteiger partial charge in [0, 0.05) is 22.0 Å². The standard InChI is InChI=1S/2K.2HO3S/c;;2*1-4(2)3/h;;2*(H,1,2,3)/q2*+1;2*-1. The molecule has 0 bridgehead atoms. The summed E-state index contributed by atoms with van der Waals surface area (Å²) in [6.07, 6.45) is 0. The van der Waals surface area contributed by atoms with Gasteiger partial charge in [-0.2, -0.15) is 0 Å². The maximum atomic E-state index is 8.56. The molecule has 0 fully saturated rings. The quantitative estimate of drug-likeness (QED) is 0.189. The van der Waals surface area contributed by atoms with E-state index in [1.165, 1.54) is 0 Å². The van der Waals surface area contributed by atoms with E-state index in [4.69, 9.17) is 25.9 Å². The molecule has 0 aliphatic rings. The van der Waals surface area contributed by atoms with Crippen molar-refractivity contribution >= 4 is 22.0 Å². The second-order valence-corrected chi connectivity index (χ2v) is 1.30. The van der Waals surface area contributed by atoms with Crippen molar-refractivity contribution in [1.82, 2.24) is 0 Å². The van der Waals surface area contributed by atoms with Crippen LogP contribution in [0.1, 0.15) is 0 Å². The van der Waals surface area contributed by atoms with Crippen LogP contribution in [0.25, 0.3) is 0 Å². The zero-order valence-corrected chi connectivity index (χ0v) is 13.2. The van der Waals surface area contributed by atoms with E-state index in [9.17, 15) is 0 Å². The molecule has 0 saturated carbocycles. The minimum Gasteiger partial charge on any atom is -0.439 e. The second-order valence-electron chi connectivity index (χ2n) is 0.434. The SMILES string of the molecule is O=[S-](=O)O.O=[S-](=O)O.[K+].[K+]. The van der Waals surface area contributed by atoms with Crippen LogP contribution in [0.15, 0.2) is 0 Å². The Morgan fingerprint density at radius 3 is 0.700 bits per heavy atom. The molecule has 0 rings (SSSR count). The molecular formula is H2K2O6S2. The molecule has 10 heteroatoms. The molecule has 10 heavy (non-hydrogen) atoms. The molecule has 0 atom stereocenters. The Hall–Kier alpha value is 3.09. The molecule has 0 spiro atoms. The molecule has 0 unspecified atom stereocenters. The monoisotopic (exact) mass is 240 g/mol. The summed E-state index contributed by atoms with van der Waals surface area (Å²) in [4.78, 5) is 0. The number of rotatable bonds is 0. The predicted octanol–water partition coefficient (Wildman–Crippen LogP) is -6.45. The summed E-state index contributed by atoms with van der Waals surface area (Å²) < 4.78 is 48.2. The molecule has 0 aromatic heterocycles. The number of hydrogen-bond donors (Lipinski definition) is 2. The van der Waals surface area contributed by atoms with Crippen LogP contribution in [0.5, 0.6) is 0 Å². The summed E-state index contributed by atoms with van der Waals surface area (Å²) in [6.45, 7) is 0. The van der Waals surface area contributed by atoms with Gasteiger partial charge in [-0.25, -0.2) is 0 Å². The Labute approximate surface area is 147 Å². The summed E-state index contributed by atoms with van der Waals surface area (Å²) in [5, 5.41) is 0. The third kappa shape index (κ3) is 118. The van der Waals surface area contributed by atoms with Crippen molar-refractivity contribution in [2.75, 3.05) is 0 Å². The third-order valence-electron chi connectivity index (χ3n) is 0. The molecule has 0 radical (unpaired) electrons. The molecule has 2 N–H and O–H groups in total. The van der Waals surface area contributed by atoms with Crippen molar-refractivity contribution in [2.45, 2.75) is 0 Å². The van der Waals surface area contributed by atoms with E-state index in [0.29, 0.717) is 0 Å². The van der Waals surface area contributed by atoms with Crippen LogP contribution in [0.4, 0.5) is 0 Å². The largest absolute Gasteiger partial charge is 1.00 e. The van der Waals surface area contributed by atoms with Crippen molar-refractivity contribution in [2.24, 2.45) is 0 Å². The number of hydrogen-bond acceptors (Lipinski definition) is 6. The van der Waals surface area contributed by atoms with Crippen LogP contribution in [0, 0.1) is 0 Å². The summed E-state index contributed by atoms with van der Waals surface area (Å²) >= 11 is 0. The Balaban J connectivity index is -0.0000000300. The predicted molar refractivity (Wildman–Crippen MR) is 22.7 cm³/mol. The van der Waals surface area contributed by atoms with E-state index in [1.54, 1.807) is 0 Å². The van der Waals surface area contributed by atoms with E-state index in [1.807, 2.05) is 0 Å². The van der Waals surface area contributed by atoms with Crippen molar-refractivity contribution in [3.8, 4) is 0 Å². The van der Waals surface area contributed by atoms with Gasteiger partial charge in [0.2, 0.25) is 0 Å². The van der Waals surface area contributed by atoms with Crippen LogP contribution in [-0.4, -0.2) is 9.11 Å². The van der Waals surface area contributed by atoms with Gasteiger partial charge in [-0.1, -0.05) is 0 Å². The van der Waals surface area contributed by atoms with Gasteiger partial charge < -0.3 is 25.9 Å². The Morgan fingerprint density at radius 2 is 0.700 bits per heavy atom. The van der Waals surface area contributed by atoms with Gasteiger partial charge >= 0.3 is 103 Å². The minimum atomic E-state index is -2.86. The molecule has 0 amide bonds. The van der Waals surface area contributed by atoms with Crippen molar-refractivity contribution < 1.29 is 129 Å². The second kappa shape index (κ2) is 18.0. The first-order chi connectivity index (χ1) is 3.46. The summed E-state index contributed by atoms with van der Waals surface area (Å²) in [6, 6.07) is 0. The van der Waals surface area contributed by atoms with Crippen molar-refractivity contribution in [3.05, 3.63) is 0 Å². The van der Waals surface area contributed by atoms with Gasteiger partial charge in [-0.15, -0.1) is 0 Å². The molecule has 6 nitrogen and oxygen atoms in total. The van der Waals surface area contributed by atoms with Gasteiger partial charge in [0.05, 0.1) is 0 Å². The van der Waals surface area contributed by atoms with Gasteiger partial charge in [0.1, 0.15) is 0 Å².